The van der Waals surface area contributed by atoms with Gasteiger partial charge >= 0.3 is 0 Å². The summed E-state index contributed by atoms with van der Waals surface area (Å²) in [6, 6.07) is 25.1. The molecule has 0 aliphatic carbocycles. The fourth-order valence-electron chi connectivity index (χ4n) is 2.98. The Balaban J connectivity index is 1.90. The van der Waals surface area contributed by atoms with Gasteiger partial charge in [-0.15, -0.1) is 0 Å². The average molecular weight is 342 g/mol. The summed E-state index contributed by atoms with van der Waals surface area (Å²) in [4.78, 5) is 0. The minimum Gasteiger partial charge on any atom is -0.232 e. The van der Waals surface area contributed by atoms with Gasteiger partial charge in [-0.3, -0.25) is 0 Å². The van der Waals surface area contributed by atoms with Crippen molar-refractivity contribution in [1.29, 1.82) is 0 Å². The van der Waals surface area contributed by atoms with Gasteiger partial charge in [-0.25, -0.2) is 9.07 Å². The van der Waals surface area contributed by atoms with E-state index in [4.69, 9.17) is 5.10 Å². The lowest BCUT2D eigenvalue weighted by atomic mass is 10.1. The highest BCUT2D eigenvalue weighted by Crippen LogP contribution is 2.29. The molecular formula is C23H19FN2. The topological polar surface area (TPSA) is 17.8 Å². The van der Waals surface area contributed by atoms with Crippen LogP contribution < -0.4 is 0 Å². The van der Waals surface area contributed by atoms with Crippen molar-refractivity contribution in [2.45, 2.75) is 13.8 Å². The van der Waals surface area contributed by atoms with Crippen molar-refractivity contribution in [1.82, 2.24) is 9.78 Å². The van der Waals surface area contributed by atoms with Gasteiger partial charge in [0.05, 0.1) is 17.1 Å². The number of hydrogen-bond acceptors (Lipinski definition) is 1. The molecule has 2 nitrogen and oxygen atoms in total. The van der Waals surface area contributed by atoms with Crippen molar-refractivity contribution in [3.05, 3.63) is 95.8 Å². The number of halogens is 1. The summed E-state index contributed by atoms with van der Waals surface area (Å²) in [6.45, 7) is 4.12. The fourth-order valence-corrected chi connectivity index (χ4v) is 2.98. The number of nitrogens with zero attached hydrogens (tertiary/aromatic N) is 2. The summed E-state index contributed by atoms with van der Waals surface area (Å²) in [5.74, 6) is -0.273. The second kappa shape index (κ2) is 6.60. The van der Waals surface area contributed by atoms with E-state index < -0.39 is 0 Å². The van der Waals surface area contributed by atoms with E-state index >= 15 is 0 Å². The molecule has 3 aromatic carbocycles. The first-order chi connectivity index (χ1) is 12.6. The maximum atomic E-state index is 13.8. The SMILES string of the molecule is Cc1ccc(-c2cc(-c3ccc(C)cc3)n(-c3cccc(F)c3)n2)cc1. The van der Waals surface area contributed by atoms with Crippen molar-refractivity contribution < 1.29 is 4.39 Å². The molecule has 0 amide bonds. The largest absolute Gasteiger partial charge is 0.232 e. The van der Waals surface area contributed by atoms with Crippen LogP contribution in [0.2, 0.25) is 0 Å². The van der Waals surface area contributed by atoms with Crippen LogP contribution in [0.5, 0.6) is 0 Å². The van der Waals surface area contributed by atoms with Gasteiger partial charge in [-0.05, 0) is 38.1 Å². The molecule has 26 heavy (non-hydrogen) atoms. The number of aromatic nitrogens is 2. The van der Waals surface area contributed by atoms with Crippen LogP contribution in [0.25, 0.3) is 28.2 Å². The molecule has 0 unspecified atom stereocenters. The van der Waals surface area contributed by atoms with E-state index in [1.54, 1.807) is 6.07 Å². The third kappa shape index (κ3) is 3.16. The molecule has 3 heteroatoms. The minimum atomic E-state index is -0.273. The summed E-state index contributed by atoms with van der Waals surface area (Å²) >= 11 is 0. The van der Waals surface area contributed by atoms with Gasteiger partial charge in [0.1, 0.15) is 5.82 Å². The Labute approximate surface area is 152 Å². The Morgan fingerprint density at radius 2 is 1.35 bits per heavy atom. The normalized spacial score (nSPS) is 10.9. The third-order valence-electron chi connectivity index (χ3n) is 4.46. The number of rotatable bonds is 3. The first-order valence-electron chi connectivity index (χ1n) is 8.60. The van der Waals surface area contributed by atoms with Crippen molar-refractivity contribution in [2.75, 3.05) is 0 Å². The molecule has 0 bridgehead atoms. The lowest BCUT2D eigenvalue weighted by molar-refractivity contribution is 0.625. The van der Waals surface area contributed by atoms with Crippen LogP contribution in [0.3, 0.4) is 0 Å². The van der Waals surface area contributed by atoms with E-state index in [1.807, 2.05) is 10.7 Å². The van der Waals surface area contributed by atoms with Gasteiger partial charge in [-0.1, -0.05) is 65.7 Å². The summed E-state index contributed by atoms with van der Waals surface area (Å²) in [6.07, 6.45) is 0. The van der Waals surface area contributed by atoms with Crippen molar-refractivity contribution in [2.24, 2.45) is 0 Å². The Morgan fingerprint density at radius 1 is 0.731 bits per heavy atom. The average Bonchev–Trinajstić information content (AvgIpc) is 3.08. The van der Waals surface area contributed by atoms with Gasteiger partial charge < -0.3 is 0 Å². The number of aryl methyl sites for hydroxylation is 2. The highest BCUT2D eigenvalue weighted by atomic mass is 19.1. The fraction of sp³-hybridized carbons (Fsp3) is 0.0870. The molecule has 1 aromatic heterocycles. The number of benzene rings is 3. The first kappa shape index (κ1) is 16.3. The van der Waals surface area contributed by atoms with Crippen molar-refractivity contribution >= 4 is 0 Å². The Morgan fingerprint density at radius 3 is 1.96 bits per heavy atom. The van der Waals surface area contributed by atoms with Gasteiger partial charge in [-0.2, -0.15) is 5.10 Å². The molecule has 0 aliphatic rings. The summed E-state index contributed by atoms with van der Waals surface area (Å²) in [5, 5.41) is 4.77. The zero-order valence-electron chi connectivity index (χ0n) is 14.8. The molecule has 128 valence electrons. The third-order valence-corrected chi connectivity index (χ3v) is 4.46. The lowest BCUT2D eigenvalue weighted by Gasteiger charge is -2.08. The minimum absolute atomic E-state index is 0.273. The monoisotopic (exact) mass is 342 g/mol. The van der Waals surface area contributed by atoms with E-state index in [0.29, 0.717) is 5.69 Å². The highest BCUT2D eigenvalue weighted by molar-refractivity contribution is 5.70. The van der Waals surface area contributed by atoms with Crippen molar-refractivity contribution in [3.63, 3.8) is 0 Å². The molecule has 4 aromatic rings. The van der Waals surface area contributed by atoms with E-state index in [2.05, 4.69) is 68.4 Å². The predicted molar refractivity (Wildman–Crippen MR) is 104 cm³/mol. The number of hydrogen-bond donors (Lipinski definition) is 0. The van der Waals surface area contributed by atoms with E-state index in [9.17, 15) is 4.39 Å². The standard InChI is InChI=1S/C23H19FN2/c1-16-6-10-18(11-7-16)22-15-23(19-12-8-17(2)9-13-19)26(25-22)21-5-3-4-20(24)14-21/h3-15H,1-2H3. The summed E-state index contributed by atoms with van der Waals surface area (Å²) < 4.78 is 15.6. The molecular weight excluding hydrogens is 323 g/mol. The summed E-state index contributed by atoms with van der Waals surface area (Å²) in [7, 11) is 0. The Bertz CT molecular complexity index is 1040. The van der Waals surface area contributed by atoms with Crippen molar-refractivity contribution in [3.8, 4) is 28.2 Å². The molecule has 0 radical (unpaired) electrons. The smallest absolute Gasteiger partial charge is 0.125 e. The Hall–Kier alpha value is -3.20. The lowest BCUT2D eigenvalue weighted by Crippen LogP contribution is -1.99. The molecule has 0 atom stereocenters. The van der Waals surface area contributed by atoms with Gasteiger partial charge in [0.2, 0.25) is 0 Å². The van der Waals surface area contributed by atoms with Gasteiger partial charge in [0, 0.05) is 11.1 Å². The quantitative estimate of drug-likeness (QED) is 0.449. The maximum Gasteiger partial charge on any atom is 0.125 e. The van der Waals surface area contributed by atoms with Crippen LogP contribution in [0.15, 0.2) is 78.9 Å². The molecule has 4 rings (SSSR count). The van der Waals surface area contributed by atoms with Crippen LogP contribution in [0.4, 0.5) is 4.39 Å². The molecule has 1 heterocycles. The molecule has 0 fully saturated rings. The van der Waals surface area contributed by atoms with Gasteiger partial charge in [0.25, 0.3) is 0 Å². The predicted octanol–water partition coefficient (Wildman–Crippen LogP) is 5.96. The van der Waals surface area contributed by atoms with Crippen LogP contribution >= 0.6 is 0 Å². The molecule has 0 saturated carbocycles. The van der Waals surface area contributed by atoms with Crippen LogP contribution in [-0.4, -0.2) is 9.78 Å². The molecule has 0 N–H and O–H groups in total. The van der Waals surface area contributed by atoms with Crippen LogP contribution in [0.1, 0.15) is 11.1 Å². The first-order valence-corrected chi connectivity index (χ1v) is 8.60. The van der Waals surface area contributed by atoms with E-state index in [-0.39, 0.29) is 5.82 Å². The zero-order valence-corrected chi connectivity index (χ0v) is 14.8. The van der Waals surface area contributed by atoms with Gasteiger partial charge in [0.15, 0.2) is 0 Å². The van der Waals surface area contributed by atoms with Crippen LogP contribution in [-0.2, 0) is 0 Å². The molecule has 0 aliphatic heterocycles. The second-order valence-corrected chi connectivity index (χ2v) is 6.54. The van der Waals surface area contributed by atoms with Crippen LogP contribution in [0, 0.1) is 19.7 Å². The highest BCUT2D eigenvalue weighted by Gasteiger charge is 2.13. The summed E-state index contributed by atoms with van der Waals surface area (Å²) in [5.41, 5.74) is 7.00. The maximum absolute atomic E-state index is 13.8. The van der Waals surface area contributed by atoms with E-state index in [1.165, 1.54) is 23.3 Å². The zero-order chi connectivity index (χ0) is 18.1. The second-order valence-electron chi connectivity index (χ2n) is 6.54. The Kier molecular flexibility index (Phi) is 4.13. The molecule has 0 saturated heterocycles. The van der Waals surface area contributed by atoms with E-state index in [0.717, 1.165) is 22.5 Å². The molecule has 0 spiro atoms.